The third-order valence-corrected chi connectivity index (χ3v) is 4.90. The quantitative estimate of drug-likeness (QED) is 0.668. The lowest BCUT2D eigenvalue weighted by Gasteiger charge is -2.20. The molecule has 0 radical (unpaired) electrons. The normalized spacial score (nSPS) is 12.4. The van der Waals surface area contributed by atoms with Crippen LogP contribution in [0.25, 0.3) is 10.9 Å². The highest BCUT2D eigenvalue weighted by atomic mass is 16.5. The van der Waals surface area contributed by atoms with Crippen molar-refractivity contribution in [2.45, 2.75) is 38.6 Å². The predicted molar refractivity (Wildman–Crippen MR) is 114 cm³/mol. The fraction of sp³-hybridized carbons (Fsp3) is 0.292. The zero-order valence-electron chi connectivity index (χ0n) is 17.2. The van der Waals surface area contributed by atoms with Gasteiger partial charge in [-0.25, -0.2) is 4.79 Å². The second kappa shape index (κ2) is 8.43. The molecule has 0 saturated heterocycles. The van der Waals surface area contributed by atoms with Crippen LogP contribution in [0.15, 0.2) is 60.8 Å². The number of carbonyl (C=O) groups is 2. The molecule has 1 aromatic heterocycles. The second-order valence-corrected chi connectivity index (χ2v) is 8.12. The number of nitrogens with one attached hydrogen (secondary N) is 1. The van der Waals surface area contributed by atoms with Gasteiger partial charge in [0.25, 0.3) is 5.91 Å². The van der Waals surface area contributed by atoms with E-state index in [1.807, 2.05) is 36.4 Å². The summed E-state index contributed by atoms with van der Waals surface area (Å²) in [6.07, 6.45) is 1.87. The number of carbonyl (C=O) groups excluding carboxylic acids is 2. The van der Waals surface area contributed by atoms with E-state index in [1.165, 1.54) is 18.9 Å². The molecular weight excluding hydrogens is 364 g/mol. The molecule has 1 atom stereocenters. The van der Waals surface area contributed by atoms with E-state index in [4.69, 9.17) is 4.74 Å². The number of fused-ring (bicyclic) bond motifs is 1. The Balaban J connectivity index is 1.77. The van der Waals surface area contributed by atoms with Crippen LogP contribution < -0.4 is 5.32 Å². The molecule has 1 N–H and O–H groups in total. The Morgan fingerprint density at radius 3 is 2.41 bits per heavy atom. The number of para-hydroxylation sites is 1. The van der Waals surface area contributed by atoms with Crippen molar-refractivity contribution in [1.82, 2.24) is 10.3 Å². The fourth-order valence-electron chi connectivity index (χ4n) is 3.15. The Labute approximate surface area is 171 Å². The van der Waals surface area contributed by atoms with E-state index >= 15 is 0 Å². The smallest absolute Gasteiger partial charge is 0.328 e. The van der Waals surface area contributed by atoms with Crippen LogP contribution in [0.2, 0.25) is 0 Å². The van der Waals surface area contributed by atoms with Crippen molar-refractivity contribution in [2.75, 3.05) is 7.11 Å². The molecule has 0 bridgehead atoms. The summed E-state index contributed by atoms with van der Waals surface area (Å²) in [5.74, 6) is -0.836. The lowest BCUT2D eigenvalue weighted by molar-refractivity contribution is -0.142. The van der Waals surface area contributed by atoms with Gasteiger partial charge in [-0.2, -0.15) is 0 Å². The minimum absolute atomic E-state index is 0.0532. The molecule has 0 aliphatic heterocycles. The lowest BCUT2D eigenvalue weighted by Crippen LogP contribution is -2.43. The number of methoxy groups -OCH3 is 1. The summed E-state index contributed by atoms with van der Waals surface area (Å²) in [6.45, 7) is 6.45. The molecule has 5 nitrogen and oxygen atoms in total. The highest BCUT2D eigenvalue weighted by Crippen LogP contribution is 2.22. The number of hydrogen-bond acceptors (Lipinski definition) is 4. The molecule has 0 aliphatic rings. The van der Waals surface area contributed by atoms with E-state index in [1.54, 1.807) is 6.07 Å². The number of hydrogen-bond donors (Lipinski definition) is 1. The van der Waals surface area contributed by atoms with Gasteiger partial charge in [-0.1, -0.05) is 63.2 Å². The highest BCUT2D eigenvalue weighted by Gasteiger charge is 2.23. The predicted octanol–water partition coefficient (Wildman–Crippen LogP) is 4.05. The standard InChI is InChI=1S/C24H26N2O3/c1-24(2,3)19-11-9-16(10-12-19)13-21(23(28)29-4)26-22(27)18-14-17-7-5-6-8-20(17)25-15-18/h5-12,14-15,21H,13H2,1-4H3,(H,26,27)/t21-/m1/s1. The van der Waals surface area contributed by atoms with Crippen LogP contribution in [0.1, 0.15) is 42.3 Å². The van der Waals surface area contributed by atoms with Crippen molar-refractivity contribution >= 4 is 22.8 Å². The number of aromatic nitrogens is 1. The average Bonchev–Trinajstić information content (AvgIpc) is 2.72. The molecule has 3 aromatic rings. The second-order valence-electron chi connectivity index (χ2n) is 8.12. The lowest BCUT2D eigenvalue weighted by atomic mass is 9.86. The Bertz CT molecular complexity index is 1020. The minimum atomic E-state index is -0.778. The first-order chi connectivity index (χ1) is 13.8. The number of benzene rings is 2. The molecule has 0 spiro atoms. The zero-order valence-corrected chi connectivity index (χ0v) is 17.2. The van der Waals surface area contributed by atoms with Crippen LogP contribution in [0, 0.1) is 0 Å². The van der Waals surface area contributed by atoms with Crippen molar-refractivity contribution in [3.8, 4) is 0 Å². The Morgan fingerprint density at radius 2 is 1.76 bits per heavy atom. The van der Waals surface area contributed by atoms with Crippen molar-refractivity contribution < 1.29 is 14.3 Å². The van der Waals surface area contributed by atoms with E-state index in [-0.39, 0.29) is 11.3 Å². The number of rotatable bonds is 5. The fourth-order valence-corrected chi connectivity index (χ4v) is 3.15. The van der Waals surface area contributed by atoms with Crippen LogP contribution in [-0.4, -0.2) is 30.0 Å². The molecule has 0 fully saturated rings. The van der Waals surface area contributed by atoms with Gasteiger partial charge in [0.15, 0.2) is 0 Å². The van der Waals surface area contributed by atoms with Crippen LogP contribution in [0.3, 0.4) is 0 Å². The zero-order chi connectivity index (χ0) is 21.0. The number of esters is 1. The summed E-state index contributed by atoms with van der Waals surface area (Å²) >= 11 is 0. The van der Waals surface area contributed by atoms with Gasteiger partial charge in [0.1, 0.15) is 6.04 Å². The van der Waals surface area contributed by atoms with Crippen molar-refractivity contribution in [3.63, 3.8) is 0 Å². The molecule has 1 amide bonds. The number of amides is 1. The Morgan fingerprint density at radius 1 is 1.07 bits per heavy atom. The van der Waals surface area contributed by atoms with Gasteiger partial charge < -0.3 is 10.1 Å². The van der Waals surface area contributed by atoms with Gasteiger partial charge in [0, 0.05) is 18.0 Å². The number of ether oxygens (including phenoxy) is 1. The monoisotopic (exact) mass is 390 g/mol. The Kier molecular flexibility index (Phi) is 5.97. The molecule has 2 aromatic carbocycles. The summed E-state index contributed by atoms with van der Waals surface area (Å²) < 4.78 is 4.90. The number of nitrogens with zero attached hydrogens (tertiary/aromatic N) is 1. The SMILES string of the molecule is COC(=O)[C@@H](Cc1ccc(C(C)(C)C)cc1)NC(=O)c1cnc2ccccc2c1. The molecule has 0 unspecified atom stereocenters. The van der Waals surface area contributed by atoms with E-state index in [0.29, 0.717) is 12.0 Å². The third-order valence-electron chi connectivity index (χ3n) is 4.90. The van der Waals surface area contributed by atoms with Gasteiger partial charge in [0.05, 0.1) is 18.2 Å². The minimum Gasteiger partial charge on any atom is -0.467 e. The van der Waals surface area contributed by atoms with Crippen molar-refractivity contribution in [3.05, 3.63) is 77.5 Å². The van der Waals surface area contributed by atoms with E-state index in [2.05, 4.69) is 43.2 Å². The van der Waals surface area contributed by atoms with Gasteiger partial charge in [-0.05, 0) is 28.7 Å². The first kappa shape index (κ1) is 20.5. The van der Waals surface area contributed by atoms with Crippen LogP contribution in [0.5, 0.6) is 0 Å². The molecule has 0 aliphatic carbocycles. The number of pyridine rings is 1. The maximum Gasteiger partial charge on any atom is 0.328 e. The maximum atomic E-state index is 12.7. The first-order valence-electron chi connectivity index (χ1n) is 9.61. The van der Waals surface area contributed by atoms with Crippen LogP contribution in [0.4, 0.5) is 0 Å². The van der Waals surface area contributed by atoms with Crippen LogP contribution in [-0.2, 0) is 21.4 Å². The van der Waals surface area contributed by atoms with Crippen LogP contribution >= 0.6 is 0 Å². The molecule has 0 saturated carbocycles. The summed E-state index contributed by atoms with van der Waals surface area (Å²) in [6, 6.07) is 16.6. The molecule has 150 valence electrons. The summed E-state index contributed by atoms with van der Waals surface area (Å²) in [4.78, 5) is 29.3. The third kappa shape index (κ3) is 4.99. The average molecular weight is 390 g/mol. The highest BCUT2D eigenvalue weighted by molar-refractivity contribution is 5.99. The molecule has 1 heterocycles. The molecular formula is C24H26N2O3. The van der Waals surface area contributed by atoms with Gasteiger partial charge in [0.2, 0.25) is 0 Å². The van der Waals surface area contributed by atoms with E-state index < -0.39 is 12.0 Å². The van der Waals surface area contributed by atoms with E-state index in [0.717, 1.165) is 16.5 Å². The van der Waals surface area contributed by atoms with E-state index in [9.17, 15) is 9.59 Å². The summed E-state index contributed by atoms with van der Waals surface area (Å²) in [5, 5.41) is 3.66. The molecule has 3 rings (SSSR count). The molecule has 5 heteroatoms. The van der Waals surface area contributed by atoms with Gasteiger partial charge in [-0.15, -0.1) is 0 Å². The van der Waals surface area contributed by atoms with Gasteiger partial charge in [-0.3, -0.25) is 9.78 Å². The topological polar surface area (TPSA) is 68.3 Å². The van der Waals surface area contributed by atoms with Gasteiger partial charge >= 0.3 is 5.97 Å². The summed E-state index contributed by atoms with van der Waals surface area (Å²) in [5.41, 5.74) is 3.43. The largest absolute Gasteiger partial charge is 0.467 e. The maximum absolute atomic E-state index is 12.7. The van der Waals surface area contributed by atoms with Crippen molar-refractivity contribution in [2.24, 2.45) is 0 Å². The van der Waals surface area contributed by atoms with Crippen molar-refractivity contribution in [1.29, 1.82) is 0 Å². The summed E-state index contributed by atoms with van der Waals surface area (Å²) in [7, 11) is 1.32. The first-order valence-corrected chi connectivity index (χ1v) is 9.61. The molecule has 29 heavy (non-hydrogen) atoms. The Hall–Kier alpha value is -3.21.